The number of rotatable bonds is 4. The molecule has 0 radical (unpaired) electrons. The second kappa shape index (κ2) is 6.15. The Hall–Kier alpha value is -2.41. The second-order valence-corrected chi connectivity index (χ2v) is 5.15. The Labute approximate surface area is 132 Å². The van der Waals surface area contributed by atoms with Gasteiger partial charge in [0.1, 0.15) is 18.1 Å². The molecule has 0 saturated carbocycles. The van der Waals surface area contributed by atoms with Gasteiger partial charge in [-0.3, -0.25) is 0 Å². The molecule has 2 heterocycles. The maximum atomic E-state index is 12.9. The molecule has 0 saturated heterocycles. The molecule has 0 unspecified atom stereocenters. The minimum atomic E-state index is -0.600. The van der Waals surface area contributed by atoms with E-state index in [1.54, 1.807) is 24.3 Å². The average Bonchev–Trinajstić information content (AvgIpc) is 3.15. The van der Waals surface area contributed by atoms with Crippen molar-refractivity contribution in [1.82, 2.24) is 5.16 Å². The van der Waals surface area contributed by atoms with Crippen molar-refractivity contribution in [2.75, 3.05) is 0 Å². The van der Waals surface area contributed by atoms with E-state index in [1.165, 1.54) is 18.2 Å². The van der Waals surface area contributed by atoms with E-state index in [4.69, 9.17) is 13.7 Å². The van der Waals surface area contributed by atoms with Crippen molar-refractivity contribution in [3.05, 3.63) is 64.4 Å². The van der Waals surface area contributed by atoms with Gasteiger partial charge in [-0.05, 0) is 52.3 Å². The lowest BCUT2D eigenvalue weighted by Gasteiger charge is -1.98. The maximum Gasteiger partial charge on any atom is 0.374 e. The summed E-state index contributed by atoms with van der Waals surface area (Å²) in [4.78, 5) is 11.7. The zero-order valence-electron chi connectivity index (χ0n) is 11.1. The number of benzene rings is 1. The molecule has 0 N–H and O–H groups in total. The monoisotopic (exact) mass is 365 g/mol. The van der Waals surface area contributed by atoms with E-state index < -0.39 is 5.97 Å². The lowest BCUT2D eigenvalue weighted by atomic mass is 10.1. The molecule has 0 aliphatic rings. The summed E-state index contributed by atoms with van der Waals surface area (Å²) in [6, 6.07) is 10.5. The Morgan fingerprint density at radius 1 is 1.23 bits per heavy atom. The van der Waals surface area contributed by atoms with Crippen LogP contribution < -0.4 is 0 Å². The van der Waals surface area contributed by atoms with Crippen molar-refractivity contribution in [2.24, 2.45) is 0 Å². The first kappa shape index (κ1) is 14.5. The van der Waals surface area contributed by atoms with Crippen LogP contribution in [-0.2, 0) is 11.3 Å². The highest BCUT2D eigenvalue weighted by atomic mass is 79.9. The van der Waals surface area contributed by atoms with Gasteiger partial charge in [-0.25, -0.2) is 9.18 Å². The summed E-state index contributed by atoms with van der Waals surface area (Å²) < 4.78 is 28.6. The van der Waals surface area contributed by atoms with Crippen molar-refractivity contribution in [2.45, 2.75) is 6.61 Å². The van der Waals surface area contributed by atoms with Gasteiger partial charge in [-0.1, -0.05) is 5.16 Å². The number of ether oxygens (including phenoxy) is 1. The lowest BCUT2D eigenvalue weighted by Crippen LogP contribution is -2.03. The molecule has 3 rings (SSSR count). The fraction of sp³-hybridized carbons (Fsp3) is 0.0667. The minimum Gasteiger partial charge on any atom is -0.453 e. The Kier molecular flexibility index (Phi) is 4.06. The number of hydrogen-bond donors (Lipinski definition) is 0. The fourth-order valence-corrected chi connectivity index (χ4v) is 2.07. The van der Waals surface area contributed by atoms with Gasteiger partial charge in [0, 0.05) is 11.6 Å². The predicted molar refractivity (Wildman–Crippen MR) is 77.4 cm³/mol. The molecule has 0 spiro atoms. The molecular weight excluding hydrogens is 357 g/mol. The number of aromatic nitrogens is 1. The highest BCUT2D eigenvalue weighted by Gasteiger charge is 2.14. The van der Waals surface area contributed by atoms with Crippen molar-refractivity contribution < 1.29 is 22.9 Å². The molecule has 0 atom stereocenters. The molecule has 3 aromatic rings. The molecule has 7 heteroatoms. The zero-order chi connectivity index (χ0) is 15.5. The fourth-order valence-electron chi connectivity index (χ4n) is 1.76. The SMILES string of the molecule is O=C(OCc1cc(-c2ccc(F)cc2)on1)c1ccc(Br)o1. The van der Waals surface area contributed by atoms with Crippen LogP contribution in [0.3, 0.4) is 0 Å². The minimum absolute atomic E-state index is 0.0537. The summed E-state index contributed by atoms with van der Waals surface area (Å²) in [5.41, 5.74) is 1.12. The van der Waals surface area contributed by atoms with Crippen LogP contribution >= 0.6 is 15.9 Å². The van der Waals surface area contributed by atoms with E-state index in [2.05, 4.69) is 21.1 Å². The lowest BCUT2D eigenvalue weighted by molar-refractivity contribution is 0.0426. The van der Waals surface area contributed by atoms with E-state index in [0.29, 0.717) is 21.7 Å². The molecule has 1 aromatic carbocycles. The van der Waals surface area contributed by atoms with Crippen molar-refractivity contribution >= 4 is 21.9 Å². The summed E-state index contributed by atoms with van der Waals surface area (Å²) in [6.07, 6.45) is 0. The first-order valence-corrected chi connectivity index (χ1v) is 7.05. The highest BCUT2D eigenvalue weighted by Crippen LogP contribution is 2.21. The third-order valence-corrected chi connectivity index (χ3v) is 3.24. The van der Waals surface area contributed by atoms with E-state index >= 15 is 0 Å². The summed E-state index contributed by atoms with van der Waals surface area (Å²) >= 11 is 3.10. The average molecular weight is 366 g/mol. The predicted octanol–water partition coefficient (Wildman–Crippen LogP) is 4.19. The maximum absolute atomic E-state index is 12.9. The van der Waals surface area contributed by atoms with Crippen molar-refractivity contribution in [3.8, 4) is 11.3 Å². The number of carbonyl (C=O) groups excluding carboxylic acids is 1. The van der Waals surface area contributed by atoms with Gasteiger partial charge in [0.25, 0.3) is 0 Å². The van der Waals surface area contributed by atoms with Crippen LogP contribution in [0, 0.1) is 5.82 Å². The quantitative estimate of drug-likeness (QED) is 0.648. The Morgan fingerprint density at radius 3 is 2.68 bits per heavy atom. The smallest absolute Gasteiger partial charge is 0.374 e. The third kappa shape index (κ3) is 3.25. The number of carbonyl (C=O) groups is 1. The number of halogens is 2. The van der Waals surface area contributed by atoms with Crippen LogP contribution in [0.4, 0.5) is 4.39 Å². The molecule has 112 valence electrons. The Balaban J connectivity index is 1.64. The van der Waals surface area contributed by atoms with Gasteiger partial charge in [0.15, 0.2) is 10.4 Å². The van der Waals surface area contributed by atoms with E-state index in [1.807, 2.05) is 0 Å². The topological polar surface area (TPSA) is 65.5 Å². The van der Waals surface area contributed by atoms with Crippen LogP contribution in [0.5, 0.6) is 0 Å². The van der Waals surface area contributed by atoms with Crippen molar-refractivity contribution in [1.29, 1.82) is 0 Å². The molecule has 0 bridgehead atoms. The summed E-state index contributed by atoms with van der Waals surface area (Å²) in [5.74, 6) is -0.375. The highest BCUT2D eigenvalue weighted by molar-refractivity contribution is 9.10. The molecule has 0 aliphatic carbocycles. The molecule has 0 fully saturated rings. The molecule has 5 nitrogen and oxygen atoms in total. The molecule has 2 aromatic heterocycles. The third-order valence-electron chi connectivity index (χ3n) is 2.81. The van der Waals surface area contributed by atoms with E-state index in [9.17, 15) is 9.18 Å². The van der Waals surface area contributed by atoms with Gasteiger partial charge < -0.3 is 13.7 Å². The molecule has 0 amide bonds. The summed E-state index contributed by atoms with van der Waals surface area (Å²) in [7, 11) is 0. The number of nitrogens with zero attached hydrogens (tertiary/aromatic N) is 1. The van der Waals surface area contributed by atoms with Crippen LogP contribution in [0.25, 0.3) is 11.3 Å². The van der Waals surface area contributed by atoms with Gasteiger partial charge >= 0.3 is 5.97 Å². The number of hydrogen-bond acceptors (Lipinski definition) is 5. The normalized spacial score (nSPS) is 10.6. The first-order valence-electron chi connectivity index (χ1n) is 6.26. The van der Waals surface area contributed by atoms with Crippen LogP contribution in [-0.4, -0.2) is 11.1 Å². The Bertz CT molecular complexity index is 794. The van der Waals surface area contributed by atoms with Crippen LogP contribution in [0.2, 0.25) is 0 Å². The second-order valence-electron chi connectivity index (χ2n) is 4.37. The van der Waals surface area contributed by atoms with Crippen molar-refractivity contribution in [3.63, 3.8) is 0 Å². The van der Waals surface area contributed by atoms with Gasteiger partial charge in [-0.2, -0.15) is 0 Å². The Morgan fingerprint density at radius 2 is 2.00 bits per heavy atom. The van der Waals surface area contributed by atoms with Gasteiger partial charge in [0.2, 0.25) is 5.76 Å². The standard InChI is InChI=1S/C15H9BrFNO4/c16-14-6-5-12(21-14)15(19)20-8-11-7-13(22-18-11)9-1-3-10(17)4-2-9/h1-7H,8H2. The van der Waals surface area contributed by atoms with Gasteiger partial charge in [-0.15, -0.1) is 0 Å². The summed E-state index contributed by atoms with van der Waals surface area (Å²) in [5, 5.41) is 3.80. The van der Waals surface area contributed by atoms with Crippen LogP contribution in [0.1, 0.15) is 16.2 Å². The van der Waals surface area contributed by atoms with E-state index in [0.717, 1.165) is 0 Å². The molecular formula is C15H9BrFNO4. The zero-order valence-corrected chi connectivity index (χ0v) is 12.7. The molecule has 22 heavy (non-hydrogen) atoms. The number of furan rings is 1. The van der Waals surface area contributed by atoms with Crippen LogP contribution in [0.15, 0.2) is 56.1 Å². The largest absolute Gasteiger partial charge is 0.453 e. The molecule has 0 aliphatic heterocycles. The van der Waals surface area contributed by atoms with E-state index in [-0.39, 0.29) is 18.2 Å². The number of esters is 1. The first-order chi connectivity index (χ1) is 10.6. The summed E-state index contributed by atoms with van der Waals surface area (Å²) in [6.45, 7) is -0.0537. The van der Waals surface area contributed by atoms with Gasteiger partial charge in [0.05, 0.1) is 0 Å².